The summed E-state index contributed by atoms with van der Waals surface area (Å²) >= 11 is 0. The number of nitrogens with zero attached hydrogens (tertiary/aromatic N) is 5. The number of nitrogens with two attached hydrogens (primary N) is 1. The van der Waals surface area contributed by atoms with Crippen molar-refractivity contribution in [1.82, 2.24) is 25.5 Å². The largest absolute Gasteiger partial charge is 0.380 e. The molecule has 3 rings (SSSR count). The molecule has 3 heterocycles. The van der Waals surface area contributed by atoms with E-state index in [2.05, 4.69) is 41.8 Å². The molecule has 27 heavy (non-hydrogen) atoms. The lowest BCUT2D eigenvalue weighted by molar-refractivity contribution is 0.0372. The predicted octanol–water partition coefficient (Wildman–Crippen LogP) is -0.330. The van der Waals surface area contributed by atoms with E-state index >= 15 is 0 Å². The Balaban J connectivity index is 0.00000126. The zero-order valence-corrected chi connectivity index (χ0v) is 14.8. The van der Waals surface area contributed by atoms with Crippen molar-refractivity contribution in [1.29, 1.82) is 5.26 Å². The van der Waals surface area contributed by atoms with Crippen LogP contribution in [0.2, 0.25) is 0 Å². The van der Waals surface area contributed by atoms with Crippen molar-refractivity contribution in [2.45, 2.75) is 6.10 Å². The molecule has 0 saturated carbocycles. The lowest BCUT2D eigenvalue weighted by Crippen LogP contribution is -2.42. The van der Waals surface area contributed by atoms with Crippen molar-refractivity contribution in [3.8, 4) is 6.07 Å². The Morgan fingerprint density at radius 1 is 1.37 bits per heavy atom. The van der Waals surface area contributed by atoms with Gasteiger partial charge in [-0.25, -0.2) is 9.97 Å². The number of hydrogen-bond acceptors (Lipinski definition) is 11. The van der Waals surface area contributed by atoms with Gasteiger partial charge in [0.2, 0.25) is 0 Å². The summed E-state index contributed by atoms with van der Waals surface area (Å²) in [4.78, 5) is 19.1. The van der Waals surface area contributed by atoms with Gasteiger partial charge in [0, 0.05) is 25.7 Å². The molecule has 11 nitrogen and oxygen atoms in total. The molecule has 11 heteroatoms. The van der Waals surface area contributed by atoms with Crippen LogP contribution < -0.4 is 21.7 Å². The molecule has 0 radical (unpaired) electrons. The first kappa shape index (κ1) is 20.1. The van der Waals surface area contributed by atoms with Gasteiger partial charge in [-0.1, -0.05) is 0 Å². The van der Waals surface area contributed by atoms with Crippen molar-refractivity contribution in [3.05, 3.63) is 29.8 Å². The van der Waals surface area contributed by atoms with Gasteiger partial charge in [-0.05, 0) is 7.05 Å². The molecule has 1 aliphatic heterocycles. The fraction of sp³-hybridized carbons (Fsp3) is 0.375. The summed E-state index contributed by atoms with van der Waals surface area (Å²) in [5.74, 6) is 0.813. The van der Waals surface area contributed by atoms with Gasteiger partial charge in [0.15, 0.2) is 17.8 Å². The first-order chi connectivity index (χ1) is 13.3. The van der Waals surface area contributed by atoms with Crippen LogP contribution in [-0.4, -0.2) is 65.8 Å². The fourth-order valence-electron chi connectivity index (χ4n) is 2.25. The molecule has 0 spiro atoms. The molecule has 5 N–H and O–H groups in total. The Kier molecular flexibility index (Phi) is 7.98. The minimum Gasteiger partial charge on any atom is -0.380 e. The zero-order valence-electron chi connectivity index (χ0n) is 14.8. The van der Waals surface area contributed by atoms with E-state index in [1.807, 2.05) is 6.07 Å². The van der Waals surface area contributed by atoms with Crippen molar-refractivity contribution < 1.29 is 9.53 Å². The average Bonchev–Trinajstić information content (AvgIpc) is 2.75. The molecule has 142 valence electrons. The van der Waals surface area contributed by atoms with E-state index < -0.39 is 0 Å². The van der Waals surface area contributed by atoms with E-state index in [4.69, 9.17) is 10.00 Å². The van der Waals surface area contributed by atoms with Gasteiger partial charge in [-0.2, -0.15) is 5.26 Å². The van der Waals surface area contributed by atoms with E-state index in [0.717, 1.165) is 13.1 Å². The van der Waals surface area contributed by atoms with Crippen molar-refractivity contribution in [2.24, 2.45) is 5.73 Å². The van der Waals surface area contributed by atoms with Gasteiger partial charge < -0.3 is 26.4 Å². The molecule has 0 amide bonds. The van der Waals surface area contributed by atoms with Gasteiger partial charge in [0.05, 0.1) is 30.8 Å². The third-order valence-corrected chi connectivity index (χ3v) is 3.48. The third kappa shape index (κ3) is 5.93. The number of anilines is 3. The predicted molar refractivity (Wildman–Crippen MR) is 98.7 cm³/mol. The third-order valence-electron chi connectivity index (χ3n) is 3.48. The number of rotatable bonds is 6. The molecule has 1 fully saturated rings. The molecule has 2 aromatic rings. The van der Waals surface area contributed by atoms with E-state index in [-0.39, 0.29) is 17.5 Å². The van der Waals surface area contributed by atoms with Gasteiger partial charge >= 0.3 is 0 Å². The summed E-state index contributed by atoms with van der Waals surface area (Å²) < 4.78 is 5.61. The summed E-state index contributed by atoms with van der Waals surface area (Å²) in [6.07, 6.45) is 3.42. The monoisotopic (exact) mass is 371 g/mol. The number of aromatic nitrogens is 4. The summed E-state index contributed by atoms with van der Waals surface area (Å²) in [7, 11) is 1.50. The quantitative estimate of drug-likeness (QED) is 0.491. The molecule has 1 unspecified atom stereocenters. The van der Waals surface area contributed by atoms with E-state index in [1.165, 1.54) is 19.4 Å². The second-order valence-corrected chi connectivity index (χ2v) is 5.25. The molecule has 1 atom stereocenters. The number of carbonyl (C=O) groups is 1. The maximum absolute atomic E-state index is 11.2. The number of hydrogen-bond donors (Lipinski definition) is 4. The number of carbonyl (C=O) groups excluding carboxylic acids is 1. The van der Waals surface area contributed by atoms with Crippen molar-refractivity contribution >= 4 is 23.6 Å². The molecule has 2 aromatic heterocycles. The second-order valence-electron chi connectivity index (χ2n) is 5.25. The lowest BCUT2D eigenvalue weighted by Gasteiger charge is -2.24. The van der Waals surface area contributed by atoms with Gasteiger partial charge in [0.25, 0.3) is 0 Å². The van der Waals surface area contributed by atoms with Crippen LogP contribution in [0.15, 0.2) is 18.5 Å². The summed E-state index contributed by atoms with van der Waals surface area (Å²) in [6.45, 7) is 2.78. The Bertz CT molecular complexity index is 770. The molecule has 0 aliphatic carbocycles. The molecular weight excluding hydrogens is 350 g/mol. The number of morpholine rings is 1. The molecular formula is C16H21N9O2. The average molecular weight is 371 g/mol. The van der Waals surface area contributed by atoms with Crippen LogP contribution in [0.25, 0.3) is 0 Å². The zero-order chi connectivity index (χ0) is 19.5. The van der Waals surface area contributed by atoms with E-state index in [0.29, 0.717) is 36.8 Å². The van der Waals surface area contributed by atoms with Crippen LogP contribution in [0.4, 0.5) is 17.3 Å². The first-order valence-corrected chi connectivity index (χ1v) is 8.24. The Labute approximate surface area is 156 Å². The van der Waals surface area contributed by atoms with Crippen molar-refractivity contribution in [3.63, 3.8) is 0 Å². The normalized spacial score (nSPS) is 15.7. The van der Waals surface area contributed by atoms with Crippen LogP contribution in [0.5, 0.6) is 0 Å². The standard InChI is InChI=1S/C15H16N8O2.CH5N/c16-4-10-5-20-15(8-18-10)21-14-3-12(13(9-24)22-23-14)19-7-11-6-17-1-2-25-11;1-2/h3,5,8-9,11,17H,1-2,6-7H2,(H2,19,20,21,23);2H2,1H3. The molecule has 1 aliphatic rings. The Morgan fingerprint density at radius 3 is 2.85 bits per heavy atom. The highest BCUT2D eigenvalue weighted by Gasteiger charge is 2.14. The van der Waals surface area contributed by atoms with Crippen LogP contribution >= 0.6 is 0 Å². The highest BCUT2D eigenvalue weighted by molar-refractivity contribution is 5.82. The molecule has 1 saturated heterocycles. The van der Waals surface area contributed by atoms with Gasteiger partial charge in [-0.3, -0.25) is 4.79 Å². The topological polar surface area (TPSA) is 164 Å². The summed E-state index contributed by atoms with van der Waals surface area (Å²) in [6, 6.07) is 3.55. The van der Waals surface area contributed by atoms with E-state index in [9.17, 15) is 4.79 Å². The lowest BCUT2D eigenvalue weighted by atomic mass is 10.2. The van der Waals surface area contributed by atoms with Crippen LogP contribution in [0, 0.1) is 11.3 Å². The highest BCUT2D eigenvalue weighted by atomic mass is 16.5. The number of nitriles is 1. The smallest absolute Gasteiger partial charge is 0.172 e. The second kappa shape index (κ2) is 10.7. The molecule has 0 aromatic carbocycles. The minimum absolute atomic E-state index is 0.0159. The summed E-state index contributed by atoms with van der Waals surface area (Å²) in [5, 5.41) is 25.9. The van der Waals surface area contributed by atoms with E-state index in [1.54, 1.807) is 6.07 Å². The van der Waals surface area contributed by atoms with Crippen LogP contribution in [0.3, 0.4) is 0 Å². The molecule has 0 bridgehead atoms. The van der Waals surface area contributed by atoms with Gasteiger partial charge in [-0.15, -0.1) is 10.2 Å². The minimum atomic E-state index is 0.0159. The Morgan fingerprint density at radius 2 is 2.22 bits per heavy atom. The SMILES string of the molecule is CN.N#Cc1cnc(Nc2cc(NCC3CNCCO3)c(C=O)nn2)cn1. The fourth-order valence-corrected chi connectivity index (χ4v) is 2.25. The van der Waals surface area contributed by atoms with Crippen molar-refractivity contribution in [2.75, 3.05) is 43.9 Å². The maximum Gasteiger partial charge on any atom is 0.172 e. The first-order valence-electron chi connectivity index (χ1n) is 8.24. The maximum atomic E-state index is 11.2. The number of ether oxygens (including phenoxy) is 1. The summed E-state index contributed by atoms with van der Waals surface area (Å²) in [5.41, 5.74) is 5.47. The van der Waals surface area contributed by atoms with Crippen LogP contribution in [0.1, 0.15) is 16.2 Å². The van der Waals surface area contributed by atoms with Crippen LogP contribution in [-0.2, 0) is 4.74 Å². The number of nitrogens with one attached hydrogen (secondary N) is 3. The van der Waals surface area contributed by atoms with Gasteiger partial charge in [0.1, 0.15) is 17.6 Å². The Hall–Kier alpha value is -3.20. The highest BCUT2D eigenvalue weighted by Crippen LogP contribution is 2.18. The number of aldehydes is 1.